The fourth-order valence-electron chi connectivity index (χ4n) is 2.90. The highest BCUT2D eigenvalue weighted by Gasteiger charge is 2.30. The van der Waals surface area contributed by atoms with Gasteiger partial charge in [-0.2, -0.15) is 0 Å². The Kier molecular flexibility index (Phi) is 6.57. The Morgan fingerprint density at radius 2 is 1.73 bits per heavy atom. The summed E-state index contributed by atoms with van der Waals surface area (Å²) in [4.78, 5) is 0. The molecule has 0 radical (unpaired) electrons. The van der Waals surface area contributed by atoms with E-state index < -0.39 is 0 Å². The van der Waals surface area contributed by atoms with Crippen LogP contribution in [0.1, 0.15) is 65.0 Å². The van der Waals surface area contributed by atoms with Crippen LogP contribution < -0.4 is 4.74 Å². The van der Waals surface area contributed by atoms with E-state index in [4.69, 9.17) is 9.47 Å². The van der Waals surface area contributed by atoms with Gasteiger partial charge in [-0.25, -0.2) is 0 Å². The fraction of sp³-hybridized carbons (Fsp3) is 0.500. The molecule has 1 atom stereocenters. The molecule has 2 nitrogen and oxygen atoms in total. The van der Waals surface area contributed by atoms with Crippen LogP contribution in [0.4, 0.5) is 0 Å². The molecule has 0 aliphatic heterocycles. The van der Waals surface area contributed by atoms with Crippen molar-refractivity contribution in [3.8, 4) is 5.75 Å². The van der Waals surface area contributed by atoms with Gasteiger partial charge >= 0.3 is 0 Å². The van der Waals surface area contributed by atoms with E-state index in [0.29, 0.717) is 18.3 Å². The van der Waals surface area contributed by atoms with E-state index >= 15 is 0 Å². The molecule has 0 saturated carbocycles. The van der Waals surface area contributed by atoms with E-state index in [1.54, 1.807) is 0 Å². The van der Waals surface area contributed by atoms with Crippen LogP contribution in [0.5, 0.6) is 5.75 Å². The molecule has 0 aliphatic rings. The second-order valence-corrected chi connectivity index (χ2v) is 9.04. The molecule has 0 spiro atoms. The van der Waals surface area contributed by atoms with Gasteiger partial charge in [0.05, 0.1) is 6.61 Å². The molecule has 0 saturated heterocycles. The second kappa shape index (κ2) is 8.48. The minimum absolute atomic E-state index is 0.174. The lowest BCUT2D eigenvalue weighted by molar-refractivity contribution is 0.00504. The van der Waals surface area contributed by atoms with Gasteiger partial charge in [0.2, 0.25) is 0 Å². The first-order valence-electron chi connectivity index (χ1n) is 9.16. The summed E-state index contributed by atoms with van der Waals surface area (Å²) in [5.41, 5.74) is 2.68. The van der Waals surface area contributed by atoms with Gasteiger partial charge in [0.15, 0.2) is 12.5 Å². The van der Waals surface area contributed by atoms with Crippen LogP contribution >= 0.6 is 0 Å². The zero-order valence-electron chi connectivity index (χ0n) is 16.9. The molecular weight excluding hydrogens is 320 g/mol. The molecule has 2 rings (SSSR count). The van der Waals surface area contributed by atoms with Gasteiger partial charge in [0.25, 0.3) is 0 Å². The van der Waals surface area contributed by atoms with Crippen LogP contribution in [-0.2, 0) is 11.3 Å². The van der Waals surface area contributed by atoms with Crippen molar-refractivity contribution < 1.29 is 9.47 Å². The van der Waals surface area contributed by atoms with E-state index in [0.717, 1.165) is 12.0 Å². The van der Waals surface area contributed by atoms with Crippen LogP contribution in [0.15, 0.2) is 30.3 Å². The highest BCUT2D eigenvalue weighted by atomic mass is 16.7. The molecule has 2 heteroatoms. The van der Waals surface area contributed by atoms with Crippen LogP contribution in [-0.4, -0.2) is 6.79 Å². The fourth-order valence-corrected chi connectivity index (χ4v) is 2.90. The molecule has 1 unspecified atom stereocenters. The third-order valence-corrected chi connectivity index (χ3v) is 4.27. The minimum Gasteiger partial charge on any atom is -0.459 e. The van der Waals surface area contributed by atoms with Gasteiger partial charge in [-0.1, -0.05) is 59.7 Å². The Morgan fingerprint density at radius 1 is 0.962 bits per heavy atom. The standard InChI is InChI=1S/C24H30O2/c1-23(2,3)16-22(24(4,5)6)20-12-14-21(15-13-20)26-18-25-17-19-10-8-7-9-11-19/h8,10-12,14,22H,16-18H2,1-6H3. The summed E-state index contributed by atoms with van der Waals surface area (Å²) < 4.78 is 11.2. The molecule has 0 N–H and O–H groups in total. The Hall–Kier alpha value is -2.16. The smallest absolute Gasteiger partial charge is 0.190 e. The summed E-state index contributed by atoms with van der Waals surface area (Å²) in [6.07, 6.45) is 1.11. The first-order valence-corrected chi connectivity index (χ1v) is 9.16. The summed E-state index contributed by atoms with van der Waals surface area (Å²) in [7, 11) is 0. The largest absolute Gasteiger partial charge is 0.459 e. The van der Waals surface area contributed by atoms with Crippen molar-refractivity contribution in [2.75, 3.05) is 6.79 Å². The van der Waals surface area contributed by atoms with Crippen LogP contribution in [0.3, 0.4) is 0 Å². The highest BCUT2D eigenvalue weighted by molar-refractivity contribution is 5.24. The minimum atomic E-state index is 0.174. The number of hydrogen-bond acceptors (Lipinski definition) is 2. The first kappa shape index (κ1) is 20.2. The van der Waals surface area contributed by atoms with Gasteiger partial charge in [-0.3, -0.25) is 0 Å². The maximum absolute atomic E-state index is 5.62. The Bertz CT molecular complexity index is 645. The molecule has 0 fully saturated rings. The molecule has 0 heterocycles. The highest BCUT2D eigenvalue weighted by Crippen LogP contribution is 2.42. The topological polar surface area (TPSA) is 18.5 Å². The molecule has 138 valence electrons. The average Bonchev–Trinajstić information content (AvgIpc) is 2.57. The molecule has 0 aliphatic carbocycles. The third kappa shape index (κ3) is 6.62. The van der Waals surface area contributed by atoms with Crippen molar-refractivity contribution in [2.45, 2.75) is 60.5 Å². The van der Waals surface area contributed by atoms with Crippen LogP contribution in [0.2, 0.25) is 0 Å². The molecule has 0 bridgehead atoms. The molecule has 0 amide bonds. The van der Waals surface area contributed by atoms with Gasteiger partial charge < -0.3 is 9.47 Å². The lowest BCUT2D eigenvalue weighted by Gasteiger charge is -2.35. The van der Waals surface area contributed by atoms with Crippen LogP contribution in [0, 0.1) is 35.1 Å². The maximum Gasteiger partial charge on any atom is 0.190 e. The molecule has 2 aromatic carbocycles. The molecular formula is C24H30O2. The van der Waals surface area contributed by atoms with Gasteiger partial charge in [-0.15, -0.1) is 0 Å². The van der Waals surface area contributed by atoms with Crippen molar-refractivity contribution in [3.05, 3.63) is 65.7 Å². The first-order chi connectivity index (χ1) is 12.1. The van der Waals surface area contributed by atoms with Crippen molar-refractivity contribution in [3.63, 3.8) is 0 Å². The summed E-state index contributed by atoms with van der Waals surface area (Å²) in [6.45, 7) is 14.4. The monoisotopic (exact) mass is 350 g/mol. The Balaban J connectivity index is 1.91. The van der Waals surface area contributed by atoms with Crippen LogP contribution in [0.25, 0.3) is 0 Å². The summed E-state index contributed by atoms with van der Waals surface area (Å²) >= 11 is 0. The zero-order chi connectivity index (χ0) is 19.2. The number of hydrogen-bond donors (Lipinski definition) is 0. The SMILES string of the molecule is CC(C)(C)CC(c1c#cc(OCOCc2cc#ccc2)cc1)C(C)(C)C. The summed E-state index contributed by atoms with van der Waals surface area (Å²) in [5, 5.41) is 0. The second-order valence-electron chi connectivity index (χ2n) is 9.04. The number of ether oxygens (including phenoxy) is 2. The van der Waals surface area contributed by atoms with E-state index in [1.165, 1.54) is 5.56 Å². The molecule has 26 heavy (non-hydrogen) atoms. The van der Waals surface area contributed by atoms with E-state index in [-0.39, 0.29) is 17.6 Å². The van der Waals surface area contributed by atoms with Crippen molar-refractivity contribution in [1.29, 1.82) is 0 Å². The summed E-state index contributed by atoms with van der Waals surface area (Å²) in [6, 6.07) is 21.9. The van der Waals surface area contributed by atoms with Crippen molar-refractivity contribution in [2.24, 2.45) is 10.8 Å². The lowest BCUT2D eigenvalue weighted by atomic mass is 9.69. The normalized spacial score (nSPS) is 12.8. The number of rotatable bonds is 7. The van der Waals surface area contributed by atoms with Crippen molar-refractivity contribution in [1.82, 2.24) is 0 Å². The lowest BCUT2D eigenvalue weighted by Crippen LogP contribution is -2.23. The maximum atomic E-state index is 5.62. The zero-order valence-corrected chi connectivity index (χ0v) is 16.9. The van der Waals surface area contributed by atoms with E-state index in [9.17, 15) is 0 Å². The Morgan fingerprint density at radius 3 is 2.27 bits per heavy atom. The van der Waals surface area contributed by atoms with E-state index in [1.807, 2.05) is 24.3 Å². The van der Waals surface area contributed by atoms with Crippen molar-refractivity contribution >= 4 is 0 Å². The quantitative estimate of drug-likeness (QED) is 0.450. The van der Waals surface area contributed by atoms with Gasteiger partial charge in [0, 0.05) is 5.56 Å². The van der Waals surface area contributed by atoms with E-state index in [2.05, 4.69) is 71.9 Å². The van der Waals surface area contributed by atoms with Gasteiger partial charge in [-0.05, 0) is 65.1 Å². The molecule has 2 aromatic rings. The third-order valence-electron chi connectivity index (χ3n) is 4.27. The summed E-state index contributed by atoms with van der Waals surface area (Å²) in [5.74, 6) is 1.08. The molecule has 0 aromatic heterocycles. The predicted molar refractivity (Wildman–Crippen MR) is 105 cm³/mol. The van der Waals surface area contributed by atoms with Gasteiger partial charge in [0.1, 0.15) is 0 Å². The Labute approximate surface area is 159 Å². The predicted octanol–water partition coefficient (Wildman–Crippen LogP) is 6.01. The average molecular weight is 351 g/mol.